The fourth-order valence-corrected chi connectivity index (χ4v) is 6.68. The quantitative estimate of drug-likeness (QED) is 0.542. The molecule has 0 aromatic heterocycles. The van der Waals surface area contributed by atoms with Crippen molar-refractivity contribution in [2.24, 2.45) is 17.8 Å². The second kappa shape index (κ2) is 11.3. The van der Waals surface area contributed by atoms with E-state index < -0.39 is 24.2 Å². The monoisotopic (exact) mass is 510 g/mol. The molecule has 3 aliphatic rings. The first-order valence-corrected chi connectivity index (χ1v) is 13.6. The molecule has 1 saturated heterocycles. The number of fused-ring (bicyclic) bond motifs is 1. The Bertz CT molecular complexity index is 1090. The lowest BCUT2D eigenvalue weighted by molar-refractivity contribution is -0.0729. The second-order valence-corrected chi connectivity index (χ2v) is 10.8. The average Bonchev–Trinajstić information content (AvgIpc) is 2.92. The summed E-state index contributed by atoms with van der Waals surface area (Å²) in [4.78, 5) is 29.2. The van der Waals surface area contributed by atoms with Crippen molar-refractivity contribution in [2.45, 2.75) is 50.7 Å². The summed E-state index contributed by atoms with van der Waals surface area (Å²) in [5.41, 5.74) is 2.07. The van der Waals surface area contributed by atoms with E-state index >= 15 is 0 Å². The van der Waals surface area contributed by atoms with E-state index in [0.717, 1.165) is 36.8 Å². The van der Waals surface area contributed by atoms with E-state index in [2.05, 4.69) is 5.32 Å². The van der Waals surface area contributed by atoms with Crippen molar-refractivity contribution in [2.75, 3.05) is 26.2 Å². The second-order valence-electron chi connectivity index (χ2n) is 10.4. The van der Waals surface area contributed by atoms with Crippen LogP contribution in [0.5, 0.6) is 0 Å². The number of ether oxygens (including phenoxy) is 1. The van der Waals surface area contributed by atoms with E-state index in [0.29, 0.717) is 49.1 Å². The minimum Gasteiger partial charge on any atom is -0.437 e. The minimum atomic E-state index is -1.03. The van der Waals surface area contributed by atoms with Crippen molar-refractivity contribution in [1.82, 2.24) is 10.2 Å². The summed E-state index contributed by atoms with van der Waals surface area (Å²) in [6, 6.07) is 14.8. The van der Waals surface area contributed by atoms with Crippen LogP contribution in [0.3, 0.4) is 0 Å². The number of aliphatic hydroxyl groups excluding tert-OH is 1. The van der Waals surface area contributed by atoms with Crippen LogP contribution in [0.4, 0.5) is 4.79 Å². The summed E-state index contributed by atoms with van der Waals surface area (Å²) >= 11 is 6.26. The molecule has 5 atom stereocenters. The lowest BCUT2D eigenvalue weighted by Gasteiger charge is -2.46. The fourth-order valence-electron chi connectivity index (χ4n) is 6.49. The predicted octanol–water partition coefficient (Wildman–Crippen LogP) is 5.18. The Hall–Kier alpha value is -2.41. The van der Waals surface area contributed by atoms with Gasteiger partial charge in [-0.3, -0.25) is 4.79 Å². The number of benzene rings is 2. The Kier molecular flexibility index (Phi) is 7.94. The lowest BCUT2D eigenvalue weighted by atomic mass is 9.62. The van der Waals surface area contributed by atoms with Crippen LogP contribution in [0.1, 0.15) is 48.9 Å². The molecule has 192 valence electrons. The molecule has 2 aromatic carbocycles. The van der Waals surface area contributed by atoms with Gasteiger partial charge in [0.25, 0.3) is 0 Å². The normalized spacial score (nSPS) is 27.1. The molecule has 1 amide bonds. The third-order valence-corrected chi connectivity index (χ3v) is 8.51. The van der Waals surface area contributed by atoms with Gasteiger partial charge in [0.2, 0.25) is 5.78 Å². The topological polar surface area (TPSA) is 78.9 Å². The zero-order valence-corrected chi connectivity index (χ0v) is 21.3. The van der Waals surface area contributed by atoms with Crippen molar-refractivity contribution in [1.29, 1.82) is 0 Å². The fraction of sp³-hybridized carbons (Fsp3) is 0.517. The third kappa shape index (κ3) is 5.31. The first-order valence-electron chi connectivity index (χ1n) is 13.3. The highest BCUT2D eigenvalue weighted by Crippen LogP contribution is 2.46. The van der Waals surface area contributed by atoms with Crippen LogP contribution in [0.2, 0.25) is 5.02 Å². The molecule has 1 aliphatic heterocycles. The van der Waals surface area contributed by atoms with Crippen molar-refractivity contribution in [3.8, 4) is 11.1 Å². The summed E-state index contributed by atoms with van der Waals surface area (Å²) in [6.07, 6.45) is 3.75. The number of ketones is 1. The molecule has 6 nitrogen and oxygen atoms in total. The smallest absolute Gasteiger partial charge is 0.410 e. The van der Waals surface area contributed by atoms with E-state index in [1.807, 2.05) is 36.4 Å². The molecule has 5 unspecified atom stereocenters. The van der Waals surface area contributed by atoms with Crippen molar-refractivity contribution in [3.05, 3.63) is 59.1 Å². The van der Waals surface area contributed by atoms with Gasteiger partial charge in [-0.2, -0.15) is 0 Å². The van der Waals surface area contributed by atoms with Crippen LogP contribution in [0.15, 0.2) is 48.5 Å². The number of hydrogen-bond acceptors (Lipinski definition) is 5. The Morgan fingerprint density at radius 1 is 1.00 bits per heavy atom. The summed E-state index contributed by atoms with van der Waals surface area (Å²) in [5, 5.41) is 15.1. The first-order chi connectivity index (χ1) is 17.5. The molecule has 2 aliphatic carbocycles. The Balaban J connectivity index is 1.52. The summed E-state index contributed by atoms with van der Waals surface area (Å²) < 4.78 is 6.10. The largest absolute Gasteiger partial charge is 0.437 e. The maximum atomic E-state index is 14.3. The van der Waals surface area contributed by atoms with Gasteiger partial charge in [-0.1, -0.05) is 67.3 Å². The number of carbonyl (C=O) groups is 2. The number of nitrogens with zero attached hydrogens (tertiary/aromatic N) is 1. The number of hydrogen-bond donors (Lipinski definition) is 2. The molecule has 5 rings (SSSR count). The number of nitrogens with one attached hydrogen (secondary N) is 1. The lowest BCUT2D eigenvalue weighted by Crippen LogP contribution is -2.53. The Morgan fingerprint density at radius 2 is 1.78 bits per heavy atom. The number of halogens is 1. The van der Waals surface area contributed by atoms with E-state index in [1.54, 1.807) is 17.0 Å². The first kappa shape index (κ1) is 25.2. The number of aliphatic hydroxyl groups is 1. The number of carbonyl (C=O) groups excluding carboxylic acids is 2. The third-order valence-electron chi connectivity index (χ3n) is 8.28. The van der Waals surface area contributed by atoms with Crippen LogP contribution in [-0.4, -0.2) is 60.3 Å². The van der Waals surface area contributed by atoms with Gasteiger partial charge < -0.3 is 20.1 Å². The molecule has 3 fully saturated rings. The highest BCUT2D eigenvalue weighted by atomic mass is 35.5. The van der Waals surface area contributed by atoms with Crippen LogP contribution in [-0.2, 0) is 4.74 Å². The van der Waals surface area contributed by atoms with Gasteiger partial charge in [0.1, 0.15) is 0 Å². The summed E-state index contributed by atoms with van der Waals surface area (Å²) in [7, 11) is 0. The van der Waals surface area contributed by atoms with Crippen LogP contribution in [0.25, 0.3) is 11.1 Å². The molecule has 0 bridgehead atoms. The number of Topliss-reactive ketones (excluding diaryl/α,β-unsaturated/α-hetero) is 1. The molecule has 7 heteroatoms. The van der Waals surface area contributed by atoms with Gasteiger partial charge in [-0.25, -0.2) is 4.79 Å². The standard InChI is InChI=1S/C29H35ClN2O4/c30-21-8-5-7-20(18-21)22-9-3-4-11-24(22)27(34)28(36-29(35)32-16-14-31-15-17-32)26-23-10-2-1-6-19(23)12-13-25(26)33/h3-5,7-9,11,18-19,23,25-26,28,31,33H,1-2,6,10,12-17H2. The molecule has 0 spiro atoms. The van der Waals surface area contributed by atoms with Crippen LogP contribution >= 0.6 is 11.6 Å². The van der Waals surface area contributed by atoms with Gasteiger partial charge in [0, 0.05) is 42.7 Å². The van der Waals surface area contributed by atoms with Gasteiger partial charge in [0.05, 0.1) is 6.10 Å². The van der Waals surface area contributed by atoms with Gasteiger partial charge >= 0.3 is 6.09 Å². The Morgan fingerprint density at radius 3 is 2.58 bits per heavy atom. The molecular weight excluding hydrogens is 476 g/mol. The molecule has 2 aromatic rings. The predicted molar refractivity (Wildman–Crippen MR) is 140 cm³/mol. The molecule has 0 radical (unpaired) electrons. The minimum absolute atomic E-state index is 0.172. The van der Waals surface area contributed by atoms with Crippen molar-refractivity contribution >= 4 is 23.5 Å². The Labute approximate surface area is 218 Å². The summed E-state index contributed by atoms with van der Waals surface area (Å²) in [5.74, 6) is -0.0192. The maximum absolute atomic E-state index is 14.3. The highest BCUT2D eigenvalue weighted by molar-refractivity contribution is 6.30. The van der Waals surface area contributed by atoms with Crippen molar-refractivity contribution < 1.29 is 19.4 Å². The van der Waals surface area contributed by atoms with E-state index in [-0.39, 0.29) is 11.7 Å². The number of rotatable bonds is 5. The van der Waals surface area contributed by atoms with E-state index in [1.165, 1.54) is 6.42 Å². The van der Waals surface area contributed by atoms with Gasteiger partial charge in [-0.15, -0.1) is 0 Å². The zero-order valence-electron chi connectivity index (χ0n) is 20.6. The van der Waals surface area contributed by atoms with E-state index in [9.17, 15) is 14.7 Å². The maximum Gasteiger partial charge on any atom is 0.410 e. The van der Waals surface area contributed by atoms with Gasteiger partial charge in [-0.05, 0) is 54.4 Å². The molecule has 2 saturated carbocycles. The summed E-state index contributed by atoms with van der Waals surface area (Å²) in [6.45, 7) is 2.47. The number of amides is 1. The zero-order chi connectivity index (χ0) is 25.1. The van der Waals surface area contributed by atoms with E-state index in [4.69, 9.17) is 16.3 Å². The number of piperazine rings is 1. The van der Waals surface area contributed by atoms with Crippen LogP contribution < -0.4 is 5.32 Å². The highest BCUT2D eigenvalue weighted by Gasteiger charge is 2.48. The molecule has 36 heavy (non-hydrogen) atoms. The SMILES string of the molecule is O=C(c1ccccc1-c1cccc(Cl)c1)C(OC(=O)N1CCNCC1)C1C(O)CCC2CCCCC21. The van der Waals surface area contributed by atoms with Crippen LogP contribution in [0, 0.1) is 17.8 Å². The molecular formula is C29H35ClN2O4. The molecule has 2 N–H and O–H groups in total. The van der Waals surface area contributed by atoms with Crippen molar-refractivity contribution in [3.63, 3.8) is 0 Å². The average molecular weight is 511 g/mol. The van der Waals surface area contributed by atoms with Gasteiger partial charge in [0.15, 0.2) is 6.10 Å². The molecule has 1 heterocycles.